The molecule has 0 aromatic heterocycles. The molecule has 4 aromatic rings. The maximum Gasteiger partial charge on any atom is 0.195 e. The predicted molar refractivity (Wildman–Crippen MR) is 131 cm³/mol. The molecule has 0 radical (unpaired) electrons. The summed E-state index contributed by atoms with van der Waals surface area (Å²) in [5.41, 5.74) is 1.48. The standard InChI is InChI=1S/C30H21F5O/c1-2-3-14-36-28-7-5-4-6-24(28)25(18-31)21-12-11-20(26(32)16-21)10-8-19-9-13-23-22(15-19)17-27(33)30(35)29(23)34/h2-7,9,11-13,15-17,25H,14,18H2,1H3/b3-2+. The molecule has 6 heteroatoms. The van der Waals surface area contributed by atoms with E-state index in [-0.39, 0.29) is 16.3 Å². The first-order valence-corrected chi connectivity index (χ1v) is 11.2. The number of fused-ring (bicyclic) bond motifs is 1. The van der Waals surface area contributed by atoms with Gasteiger partial charge in [-0.3, -0.25) is 4.39 Å². The highest BCUT2D eigenvalue weighted by Gasteiger charge is 2.20. The van der Waals surface area contributed by atoms with E-state index in [9.17, 15) is 22.0 Å². The number of hydrogen-bond acceptors (Lipinski definition) is 1. The van der Waals surface area contributed by atoms with Gasteiger partial charge in [-0.15, -0.1) is 0 Å². The van der Waals surface area contributed by atoms with Crippen molar-refractivity contribution in [3.63, 3.8) is 0 Å². The largest absolute Gasteiger partial charge is 0.489 e. The van der Waals surface area contributed by atoms with Crippen molar-refractivity contribution in [1.82, 2.24) is 0 Å². The van der Waals surface area contributed by atoms with Gasteiger partial charge in [-0.25, -0.2) is 17.6 Å². The maximum absolute atomic E-state index is 14.9. The lowest BCUT2D eigenvalue weighted by Gasteiger charge is -2.18. The Hall–Kier alpha value is -4.11. The van der Waals surface area contributed by atoms with E-state index in [1.165, 1.54) is 30.3 Å². The van der Waals surface area contributed by atoms with E-state index in [0.717, 1.165) is 6.07 Å². The van der Waals surface area contributed by atoms with Crippen LogP contribution in [-0.4, -0.2) is 13.3 Å². The van der Waals surface area contributed by atoms with Crippen LogP contribution >= 0.6 is 0 Å². The van der Waals surface area contributed by atoms with Crippen LogP contribution in [0.4, 0.5) is 22.0 Å². The normalized spacial score (nSPS) is 11.9. The molecule has 0 amide bonds. The van der Waals surface area contributed by atoms with Crippen molar-refractivity contribution >= 4 is 10.8 Å². The zero-order valence-electron chi connectivity index (χ0n) is 19.3. The van der Waals surface area contributed by atoms with Crippen molar-refractivity contribution in [2.24, 2.45) is 0 Å². The Labute approximate surface area is 205 Å². The molecule has 1 atom stereocenters. The highest BCUT2D eigenvalue weighted by Crippen LogP contribution is 2.33. The van der Waals surface area contributed by atoms with Crippen LogP contribution in [0.2, 0.25) is 0 Å². The van der Waals surface area contributed by atoms with Crippen LogP contribution in [0.25, 0.3) is 10.8 Å². The van der Waals surface area contributed by atoms with Gasteiger partial charge < -0.3 is 4.74 Å². The summed E-state index contributed by atoms with van der Waals surface area (Å²) in [7, 11) is 0. The Kier molecular flexibility index (Phi) is 7.70. The highest BCUT2D eigenvalue weighted by atomic mass is 19.2. The molecule has 0 aliphatic rings. The van der Waals surface area contributed by atoms with Crippen LogP contribution < -0.4 is 4.74 Å². The predicted octanol–water partition coefficient (Wildman–Crippen LogP) is 7.85. The first kappa shape index (κ1) is 25.0. The first-order valence-electron chi connectivity index (χ1n) is 11.2. The molecule has 0 N–H and O–H groups in total. The quantitative estimate of drug-likeness (QED) is 0.115. The Morgan fingerprint density at radius 1 is 0.861 bits per heavy atom. The number of halogens is 5. The summed E-state index contributed by atoms with van der Waals surface area (Å²) in [6.07, 6.45) is 3.67. The van der Waals surface area contributed by atoms with E-state index < -0.39 is 35.9 Å². The number of para-hydroxylation sites is 1. The lowest BCUT2D eigenvalue weighted by molar-refractivity contribution is 0.352. The maximum atomic E-state index is 14.9. The van der Waals surface area contributed by atoms with Gasteiger partial charge in [0.15, 0.2) is 17.5 Å². The molecule has 1 unspecified atom stereocenters. The fraction of sp³-hybridized carbons (Fsp3) is 0.133. The molecular formula is C30H21F5O. The third kappa shape index (κ3) is 5.26. The third-order valence-electron chi connectivity index (χ3n) is 5.73. The number of ether oxygens (including phenoxy) is 1. The molecule has 0 bridgehead atoms. The Morgan fingerprint density at radius 3 is 2.42 bits per heavy atom. The van der Waals surface area contributed by atoms with Crippen molar-refractivity contribution in [2.45, 2.75) is 12.8 Å². The molecule has 182 valence electrons. The van der Waals surface area contributed by atoms with E-state index in [0.29, 0.717) is 29.0 Å². The molecule has 36 heavy (non-hydrogen) atoms. The van der Waals surface area contributed by atoms with E-state index in [4.69, 9.17) is 4.74 Å². The van der Waals surface area contributed by atoms with Crippen LogP contribution in [0, 0.1) is 35.1 Å². The minimum Gasteiger partial charge on any atom is -0.489 e. The molecule has 0 spiro atoms. The molecule has 0 aliphatic carbocycles. The van der Waals surface area contributed by atoms with Crippen molar-refractivity contribution in [3.8, 4) is 17.6 Å². The highest BCUT2D eigenvalue weighted by molar-refractivity contribution is 5.84. The molecule has 0 saturated carbocycles. The van der Waals surface area contributed by atoms with Crippen LogP contribution in [-0.2, 0) is 0 Å². The molecule has 1 nitrogen and oxygen atoms in total. The topological polar surface area (TPSA) is 9.23 Å². The van der Waals surface area contributed by atoms with Crippen LogP contribution in [0.15, 0.2) is 78.9 Å². The second-order valence-corrected chi connectivity index (χ2v) is 8.04. The van der Waals surface area contributed by atoms with Gasteiger partial charge in [0.25, 0.3) is 0 Å². The SMILES string of the molecule is C/C=C/COc1ccccc1C(CF)c1ccc(C#Cc2ccc3c(F)c(F)c(F)cc3c2)c(F)c1. The Morgan fingerprint density at radius 2 is 1.67 bits per heavy atom. The van der Waals surface area contributed by atoms with Gasteiger partial charge >= 0.3 is 0 Å². The minimum absolute atomic E-state index is 0.0746. The second kappa shape index (κ2) is 11.1. The van der Waals surface area contributed by atoms with E-state index >= 15 is 0 Å². The van der Waals surface area contributed by atoms with E-state index in [2.05, 4.69) is 11.8 Å². The van der Waals surface area contributed by atoms with Crippen molar-refractivity contribution in [1.29, 1.82) is 0 Å². The van der Waals surface area contributed by atoms with Gasteiger partial charge in [-0.05, 0) is 54.3 Å². The van der Waals surface area contributed by atoms with Crippen LogP contribution in [0.3, 0.4) is 0 Å². The summed E-state index contributed by atoms with van der Waals surface area (Å²) >= 11 is 0. The number of hydrogen-bond donors (Lipinski definition) is 0. The molecular weight excluding hydrogens is 471 g/mol. The van der Waals surface area contributed by atoms with Crippen molar-refractivity contribution in [3.05, 3.63) is 124 Å². The summed E-state index contributed by atoms with van der Waals surface area (Å²) in [6, 6.07) is 16.4. The molecule has 4 aromatic carbocycles. The van der Waals surface area contributed by atoms with Gasteiger partial charge in [0.05, 0.1) is 5.56 Å². The lowest BCUT2D eigenvalue weighted by atomic mass is 9.91. The first-order chi connectivity index (χ1) is 17.4. The van der Waals surface area contributed by atoms with Crippen LogP contribution in [0.1, 0.15) is 35.1 Å². The molecule has 0 fully saturated rings. The molecule has 0 saturated heterocycles. The van der Waals surface area contributed by atoms with Crippen LogP contribution in [0.5, 0.6) is 5.75 Å². The van der Waals surface area contributed by atoms with E-state index in [1.807, 2.05) is 19.1 Å². The third-order valence-corrected chi connectivity index (χ3v) is 5.73. The Balaban J connectivity index is 1.62. The van der Waals surface area contributed by atoms with Gasteiger partial charge in [-0.2, -0.15) is 0 Å². The molecule has 0 heterocycles. The minimum atomic E-state index is -1.54. The number of rotatable bonds is 6. The van der Waals surface area contributed by atoms with Gasteiger partial charge in [0.2, 0.25) is 0 Å². The smallest absolute Gasteiger partial charge is 0.195 e. The number of allylic oxidation sites excluding steroid dienone is 1. The fourth-order valence-corrected chi connectivity index (χ4v) is 3.86. The van der Waals surface area contributed by atoms with Crippen molar-refractivity contribution < 1.29 is 26.7 Å². The zero-order valence-corrected chi connectivity index (χ0v) is 19.3. The summed E-state index contributed by atoms with van der Waals surface area (Å²) < 4.78 is 75.7. The summed E-state index contributed by atoms with van der Waals surface area (Å²) in [6.45, 7) is 1.45. The zero-order chi connectivity index (χ0) is 25.7. The van der Waals surface area contributed by atoms with Gasteiger partial charge in [0, 0.05) is 22.4 Å². The summed E-state index contributed by atoms with van der Waals surface area (Å²) in [5, 5.41) is 0.0531. The van der Waals surface area contributed by atoms with Crippen molar-refractivity contribution in [2.75, 3.05) is 13.3 Å². The molecule has 4 rings (SSSR count). The number of benzene rings is 4. The monoisotopic (exact) mass is 492 g/mol. The average Bonchev–Trinajstić information content (AvgIpc) is 2.88. The lowest BCUT2D eigenvalue weighted by Crippen LogP contribution is -2.07. The van der Waals surface area contributed by atoms with E-state index in [1.54, 1.807) is 30.3 Å². The fourth-order valence-electron chi connectivity index (χ4n) is 3.86. The Bertz CT molecular complexity index is 1500. The van der Waals surface area contributed by atoms with Gasteiger partial charge in [0.1, 0.15) is 24.8 Å². The second-order valence-electron chi connectivity index (χ2n) is 8.04. The number of alkyl halides is 1. The van der Waals surface area contributed by atoms with Gasteiger partial charge in [-0.1, -0.05) is 54.3 Å². The summed E-state index contributed by atoms with van der Waals surface area (Å²) in [4.78, 5) is 0. The average molecular weight is 492 g/mol. The molecule has 0 aliphatic heterocycles. The summed E-state index contributed by atoms with van der Waals surface area (Å²) in [5.74, 6) is 0.482.